The van der Waals surface area contributed by atoms with E-state index in [2.05, 4.69) is 15.9 Å². The Labute approximate surface area is 120 Å². The van der Waals surface area contributed by atoms with E-state index in [-0.39, 0.29) is 16.9 Å². The molecule has 1 atom stereocenters. The maximum absolute atomic E-state index is 13.7. The van der Waals surface area contributed by atoms with E-state index < -0.39 is 11.9 Å². The summed E-state index contributed by atoms with van der Waals surface area (Å²) in [6, 6.07) is 4.34. The van der Waals surface area contributed by atoms with Crippen LogP contribution in [-0.2, 0) is 0 Å². The number of halogens is 2. The molecule has 19 heavy (non-hydrogen) atoms. The van der Waals surface area contributed by atoms with Crippen LogP contribution >= 0.6 is 15.9 Å². The molecule has 1 amide bonds. The van der Waals surface area contributed by atoms with Crippen molar-refractivity contribution in [2.75, 3.05) is 13.1 Å². The zero-order chi connectivity index (χ0) is 14.2. The topological polar surface area (TPSA) is 40.5 Å². The Hall–Kier alpha value is -0.940. The first-order valence-corrected chi connectivity index (χ1v) is 7.03. The number of carbonyl (C=O) groups excluding carboxylic acids is 1. The first kappa shape index (κ1) is 14.5. The molecule has 5 heteroatoms. The van der Waals surface area contributed by atoms with Gasteiger partial charge in [0.25, 0.3) is 5.91 Å². The predicted octanol–water partition coefficient (Wildman–Crippen LogP) is 2.82. The van der Waals surface area contributed by atoms with E-state index in [0.717, 1.165) is 0 Å². The van der Waals surface area contributed by atoms with Crippen LogP contribution in [0.3, 0.4) is 0 Å². The average Bonchev–Trinajstić information content (AvgIpc) is 2.35. The Balaban J connectivity index is 2.23. The highest BCUT2D eigenvalue weighted by Crippen LogP contribution is 2.30. The number of carbonyl (C=O) groups is 1. The molecule has 1 fully saturated rings. The fourth-order valence-electron chi connectivity index (χ4n) is 2.35. The average molecular weight is 330 g/mol. The van der Waals surface area contributed by atoms with E-state index in [9.17, 15) is 14.3 Å². The smallest absolute Gasteiger partial charge is 0.256 e. The van der Waals surface area contributed by atoms with E-state index in [0.29, 0.717) is 24.0 Å². The Morgan fingerprint density at radius 1 is 1.53 bits per heavy atom. The van der Waals surface area contributed by atoms with Gasteiger partial charge < -0.3 is 10.0 Å². The molecule has 104 valence electrons. The van der Waals surface area contributed by atoms with Crippen molar-refractivity contribution in [2.24, 2.45) is 5.41 Å². The number of aliphatic hydroxyl groups is 1. The van der Waals surface area contributed by atoms with E-state index in [1.807, 2.05) is 13.8 Å². The molecular formula is C14H17BrFNO2. The number of rotatable bonds is 1. The van der Waals surface area contributed by atoms with E-state index in [1.54, 1.807) is 11.0 Å². The first-order chi connectivity index (χ1) is 8.81. The summed E-state index contributed by atoms with van der Waals surface area (Å²) in [6.07, 6.45) is 0.0952. The highest BCUT2D eigenvalue weighted by molar-refractivity contribution is 9.10. The van der Waals surface area contributed by atoms with Crippen LogP contribution in [0.25, 0.3) is 0 Å². The van der Waals surface area contributed by atoms with Crippen molar-refractivity contribution >= 4 is 21.8 Å². The van der Waals surface area contributed by atoms with Crippen LogP contribution < -0.4 is 0 Å². The SMILES string of the molecule is CC1(C)CN(C(=O)c2cc(Br)ccc2F)CCC1O. The number of hydrogen-bond acceptors (Lipinski definition) is 2. The summed E-state index contributed by atoms with van der Waals surface area (Å²) in [5.74, 6) is -0.837. The Bertz CT molecular complexity index is 504. The number of nitrogens with zero attached hydrogens (tertiary/aromatic N) is 1. The maximum Gasteiger partial charge on any atom is 0.256 e. The van der Waals surface area contributed by atoms with Gasteiger partial charge in [0.15, 0.2) is 0 Å². The molecule has 0 saturated carbocycles. The van der Waals surface area contributed by atoms with Gasteiger partial charge >= 0.3 is 0 Å². The Morgan fingerprint density at radius 2 is 2.21 bits per heavy atom. The van der Waals surface area contributed by atoms with Gasteiger partial charge in [-0.25, -0.2) is 4.39 Å². The van der Waals surface area contributed by atoms with Crippen molar-refractivity contribution in [3.63, 3.8) is 0 Å². The van der Waals surface area contributed by atoms with Crippen LogP contribution in [0.4, 0.5) is 4.39 Å². The lowest BCUT2D eigenvalue weighted by molar-refractivity contribution is -0.0183. The molecule has 2 rings (SSSR count). The monoisotopic (exact) mass is 329 g/mol. The lowest BCUT2D eigenvalue weighted by atomic mass is 9.81. The lowest BCUT2D eigenvalue weighted by Gasteiger charge is -2.41. The molecule has 3 nitrogen and oxygen atoms in total. The molecule has 0 radical (unpaired) electrons. The number of hydrogen-bond donors (Lipinski definition) is 1. The number of piperidine rings is 1. The fourth-order valence-corrected chi connectivity index (χ4v) is 2.71. The molecule has 1 aliphatic rings. The number of amides is 1. The molecule has 1 aromatic carbocycles. The Morgan fingerprint density at radius 3 is 2.84 bits per heavy atom. The van der Waals surface area contributed by atoms with Gasteiger partial charge in [0.1, 0.15) is 5.82 Å². The van der Waals surface area contributed by atoms with Gasteiger partial charge in [-0.2, -0.15) is 0 Å². The standard InChI is InChI=1S/C14H17BrFNO2/c1-14(2)8-17(6-5-12(14)18)13(19)10-7-9(15)3-4-11(10)16/h3-4,7,12,18H,5-6,8H2,1-2H3. The number of benzene rings is 1. The molecule has 1 saturated heterocycles. The minimum atomic E-state index is -0.517. The molecule has 0 aromatic heterocycles. The van der Waals surface area contributed by atoms with Crippen LogP contribution in [0.15, 0.2) is 22.7 Å². The highest BCUT2D eigenvalue weighted by atomic mass is 79.9. The van der Waals surface area contributed by atoms with Crippen molar-refractivity contribution < 1.29 is 14.3 Å². The highest BCUT2D eigenvalue weighted by Gasteiger charge is 2.37. The molecule has 1 aliphatic heterocycles. The van der Waals surface area contributed by atoms with Gasteiger partial charge in [0.2, 0.25) is 0 Å². The summed E-state index contributed by atoms with van der Waals surface area (Å²) < 4.78 is 14.4. The molecule has 0 spiro atoms. The number of likely N-dealkylation sites (tertiary alicyclic amines) is 1. The van der Waals surface area contributed by atoms with Crippen LogP contribution in [0.1, 0.15) is 30.6 Å². The zero-order valence-corrected chi connectivity index (χ0v) is 12.6. The number of aliphatic hydroxyl groups excluding tert-OH is 1. The molecular weight excluding hydrogens is 313 g/mol. The lowest BCUT2D eigenvalue weighted by Crippen LogP contribution is -2.50. The summed E-state index contributed by atoms with van der Waals surface area (Å²) >= 11 is 3.24. The first-order valence-electron chi connectivity index (χ1n) is 6.23. The van der Waals surface area contributed by atoms with Crippen molar-refractivity contribution in [3.05, 3.63) is 34.1 Å². The third-order valence-electron chi connectivity index (χ3n) is 3.62. The maximum atomic E-state index is 13.7. The van der Waals surface area contributed by atoms with Gasteiger partial charge in [0.05, 0.1) is 11.7 Å². The zero-order valence-electron chi connectivity index (χ0n) is 11.0. The summed E-state index contributed by atoms with van der Waals surface area (Å²) in [7, 11) is 0. The molecule has 0 aliphatic carbocycles. The van der Waals surface area contributed by atoms with E-state index in [4.69, 9.17) is 0 Å². The van der Waals surface area contributed by atoms with Crippen molar-refractivity contribution in [1.29, 1.82) is 0 Å². The summed E-state index contributed by atoms with van der Waals surface area (Å²) in [4.78, 5) is 14.0. The van der Waals surface area contributed by atoms with Crippen molar-refractivity contribution in [1.82, 2.24) is 4.90 Å². The van der Waals surface area contributed by atoms with Gasteiger partial charge in [-0.15, -0.1) is 0 Å². The van der Waals surface area contributed by atoms with E-state index >= 15 is 0 Å². The van der Waals surface area contributed by atoms with Crippen molar-refractivity contribution in [3.8, 4) is 0 Å². The third kappa shape index (κ3) is 2.98. The van der Waals surface area contributed by atoms with Crippen molar-refractivity contribution in [2.45, 2.75) is 26.4 Å². The van der Waals surface area contributed by atoms with Crippen LogP contribution in [-0.4, -0.2) is 35.1 Å². The molecule has 1 heterocycles. The van der Waals surface area contributed by atoms with Crippen LogP contribution in [0.5, 0.6) is 0 Å². The second kappa shape index (κ2) is 5.21. The molecule has 1 unspecified atom stereocenters. The quantitative estimate of drug-likeness (QED) is 0.860. The summed E-state index contributed by atoms with van der Waals surface area (Å²) in [5.41, 5.74) is -0.294. The molecule has 1 N–H and O–H groups in total. The molecule has 1 aromatic rings. The predicted molar refractivity (Wildman–Crippen MR) is 74.4 cm³/mol. The summed E-state index contributed by atoms with van der Waals surface area (Å²) in [6.45, 7) is 4.71. The van der Waals surface area contributed by atoms with Crippen LogP contribution in [0.2, 0.25) is 0 Å². The second-order valence-corrected chi connectivity index (χ2v) is 6.56. The van der Waals surface area contributed by atoms with Gasteiger partial charge in [-0.3, -0.25) is 4.79 Å². The minimum absolute atomic E-state index is 0.0709. The summed E-state index contributed by atoms with van der Waals surface area (Å²) in [5, 5.41) is 9.89. The normalized spacial score (nSPS) is 22.4. The Kier molecular flexibility index (Phi) is 3.97. The van der Waals surface area contributed by atoms with Gasteiger partial charge in [0, 0.05) is 23.0 Å². The van der Waals surface area contributed by atoms with Crippen LogP contribution in [0, 0.1) is 11.2 Å². The van der Waals surface area contributed by atoms with E-state index in [1.165, 1.54) is 12.1 Å². The minimum Gasteiger partial charge on any atom is -0.392 e. The second-order valence-electron chi connectivity index (χ2n) is 5.64. The van der Waals surface area contributed by atoms with Gasteiger partial charge in [-0.1, -0.05) is 29.8 Å². The largest absolute Gasteiger partial charge is 0.392 e. The fraction of sp³-hybridized carbons (Fsp3) is 0.500. The third-order valence-corrected chi connectivity index (χ3v) is 4.11. The molecule has 0 bridgehead atoms. The van der Waals surface area contributed by atoms with Gasteiger partial charge in [-0.05, 0) is 24.6 Å².